The number of rotatable bonds is 10. The molecule has 0 amide bonds. The number of fused-ring (bicyclic) bond motifs is 1. The summed E-state index contributed by atoms with van der Waals surface area (Å²) < 4.78 is 27.5. The standard InChI is InChI=1S/C34H32BrIN2O6S/c1-6-42-33(40)29-20(4)37-34-38(30(29)25-9-7-8-10-26(25)44-19(2)3)32(39)28(45-34)16-22-15-24(36)17-27(41-5)31(22)43-18-21-11-13-23(35)14-12-21/h7-17,19,30H,6,18H2,1-5H3/b28-16-/t30-/m0/s1. The molecule has 11 heteroatoms. The molecule has 1 atom stereocenters. The fourth-order valence-corrected chi connectivity index (χ4v) is 6.95. The molecule has 1 aromatic heterocycles. The van der Waals surface area contributed by atoms with Crippen molar-refractivity contribution in [3.05, 3.63) is 116 Å². The van der Waals surface area contributed by atoms with Gasteiger partial charge in [0.05, 0.1) is 35.6 Å². The average Bonchev–Trinajstić information content (AvgIpc) is 3.30. The molecule has 0 radical (unpaired) electrons. The van der Waals surface area contributed by atoms with Crippen LogP contribution in [0.5, 0.6) is 17.2 Å². The van der Waals surface area contributed by atoms with Gasteiger partial charge in [0.2, 0.25) is 0 Å². The van der Waals surface area contributed by atoms with Crippen LogP contribution in [0.25, 0.3) is 6.08 Å². The van der Waals surface area contributed by atoms with E-state index in [9.17, 15) is 9.59 Å². The lowest BCUT2D eigenvalue weighted by Crippen LogP contribution is -2.40. The summed E-state index contributed by atoms with van der Waals surface area (Å²) >= 11 is 6.93. The first-order valence-electron chi connectivity index (χ1n) is 14.3. The largest absolute Gasteiger partial charge is 0.493 e. The molecule has 3 aromatic carbocycles. The molecule has 2 heterocycles. The van der Waals surface area contributed by atoms with Crippen molar-refractivity contribution in [2.24, 2.45) is 4.99 Å². The quantitative estimate of drug-likeness (QED) is 0.134. The van der Waals surface area contributed by atoms with Gasteiger partial charge in [-0.1, -0.05) is 57.6 Å². The molecule has 0 saturated carbocycles. The summed E-state index contributed by atoms with van der Waals surface area (Å²) in [6.45, 7) is 7.87. The van der Waals surface area contributed by atoms with Crippen molar-refractivity contribution in [1.82, 2.24) is 4.57 Å². The highest BCUT2D eigenvalue weighted by Crippen LogP contribution is 2.37. The van der Waals surface area contributed by atoms with E-state index >= 15 is 0 Å². The number of carbonyl (C=O) groups excluding carboxylic acids is 1. The molecule has 234 valence electrons. The van der Waals surface area contributed by atoms with Crippen LogP contribution in [-0.4, -0.2) is 30.4 Å². The van der Waals surface area contributed by atoms with Gasteiger partial charge in [-0.2, -0.15) is 0 Å². The minimum absolute atomic E-state index is 0.121. The Bertz CT molecular complexity index is 1950. The number of aromatic nitrogens is 1. The maximum absolute atomic E-state index is 14.3. The van der Waals surface area contributed by atoms with E-state index in [0.29, 0.717) is 55.6 Å². The van der Waals surface area contributed by atoms with Crippen LogP contribution in [0.3, 0.4) is 0 Å². The molecule has 0 aliphatic carbocycles. The Balaban J connectivity index is 1.69. The molecule has 0 bridgehead atoms. The lowest BCUT2D eigenvalue weighted by Gasteiger charge is -2.26. The van der Waals surface area contributed by atoms with E-state index in [1.807, 2.05) is 74.5 Å². The monoisotopic (exact) mass is 802 g/mol. The number of hydrogen-bond acceptors (Lipinski definition) is 8. The molecule has 5 rings (SSSR count). The maximum atomic E-state index is 14.3. The summed E-state index contributed by atoms with van der Waals surface area (Å²) in [7, 11) is 1.59. The van der Waals surface area contributed by atoms with Gasteiger partial charge < -0.3 is 18.9 Å². The van der Waals surface area contributed by atoms with Crippen molar-refractivity contribution in [1.29, 1.82) is 0 Å². The predicted molar refractivity (Wildman–Crippen MR) is 187 cm³/mol. The number of hydrogen-bond donors (Lipinski definition) is 0. The first-order chi connectivity index (χ1) is 21.6. The number of para-hydroxylation sites is 1. The fourth-order valence-electron chi connectivity index (χ4n) is 5.03. The third-order valence-corrected chi connectivity index (χ3v) is 9.08. The molecule has 8 nitrogen and oxygen atoms in total. The van der Waals surface area contributed by atoms with E-state index in [2.05, 4.69) is 38.5 Å². The van der Waals surface area contributed by atoms with Crippen LogP contribution in [0.1, 0.15) is 50.4 Å². The second kappa shape index (κ2) is 14.3. The van der Waals surface area contributed by atoms with Gasteiger partial charge in [-0.3, -0.25) is 9.36 Å². The highest BCUT2D eigenvalue weighted by Gasteiger charge is 2.35. The predicted octanol–water partition coefficient (Wildman–Crippen LogP) is 6.54. The van der Waals surface area contributed by atoms with Crippen molar-refractivity contribution < 1.29 is 23.7 Å². The fraction of sp³-hybridized carbons (Fsp3) is 0.265. The van der Waals surface area contributed by atoms with Gasteiger partial charge in [-0.25, -0.2) is 9.79 Å². The van der Waals surface area contributed by atoms with Crippen molar-refractivity contribution in [3.63, 3.8) is 0 Å². The number of thiazole rings is 1. The topological polar surface area (TPSA) is 88.4 Å². The molecular formula is C34H32BrIN2O6S. The minimum Gasteiger partial charge on any atom is -0.493 e. The van der Waals surface area contributed by atoms with Gasteiger partial charge in [0.25, 0.3) is 5.56 Å². The lowest BCUT2D eigenvalue weighted by molar-refractivity contribution is -0.139. The van der Waals surface area contributed by atoms with Crippen molar-refractivity contribution in [2.45, 2.75) is 46.4 Å². The SMILES string of the molecule is CCOC(=O)C1=C(C)N=c2s/c(=C\c3cc(I)cc(OC)c3OCc3ccc(Br)cc3)c(=O)n2[C@H]1c1ccccc1OC(C)C. The van der Waals surface area contributed by atoms with Crippen LogP contribution in [0, 0.1) is 3.57 Å². The Morgan fingerprint density at radius 2 is 1.87 bits per heavy atom. The van der Waals surface area contributed by atoms with Crippen LogP contribution in [0.15, 0.2) is 86.2 Å². The summed E-state index contributed by atoms with van der Waals surface area (Å²) in [4.78, 5) is 32.9. The lowest BCUT2D eigenvalue weighted by atomic mass is 9.95. The van der Waals surface area contributed by atoms with Crippen LogP contribution >= 0.6 is 49.9 Å². The number of ether oxygens (including phenoxy) is 4. The van der Waals surface area contributed by atoms with E-state index in [1.165, 1.54) is 11.3 Å². The molecule has 1 aliphatic heterocycles. The Morgan fingerprint density at radius 3 is 2.56 bits per heavy atom. The van der Waals surface area contributed by atoms with E-state index in [4.69, 9.17) is 23.9 Å². The Hall–Kier alpha value is -3.42. The summed E-state index contributed by atoms with van der Waals surface area (Å²) in [6, 6.07) is 18.3. The summed E-state index contributed by atoms with van der Waals surface area (Å²) in [5.41, 5.74) is 2.82. The maximum Gasteiger partial charge on any atom is 0.338 e. The third-order valence-electron chi connectivity index (χ3n) is 6.94. The highest BCUT2D eigenvalue weighted by molar-refractivity contribution is 14.1. The summed E-state index contributed by atoms with van der Waals surface area (Å²) in [5, 5.41) is 0. The van der Waals surface area contributed by atoms with Crippen molar-refractivity contribution in [3.8, 4) is 17.2 Å². The second-order valence-electron chi connectivity index (χ2n) is 10.4. The average molecular weight is 804 g/mol. The smallest absolute Gasteiger partial charge is 0.338 e. The zero-order valence-electron chi connectivity index (χ0n) is 25.4. The normalized spacial score (nSPS) is 14.7. The molecule has 0 unspecified atom stereocenters. The molecule has 0 fully saturated rings. The Morgan fingerprint density at radius 1 is 1.13 bits per heavy atom. The number of methoxy groups -OCH3 is 1. The molecule has 45 heavy (non-hydrogen) atoms. The second-order valence-corrected chi connectivity index (χ2v) is 13.6. The van der Waals surface area contributed by atoms with E-state index in [1.54, 1.807) is 31.6 Å². The van der Waals surface area contributed by atoms with Gasteiger partial charge in [0.1, 0.15) is 18.4 Å². The number of esters is 1. The zero-order valence-corrected chi connectivity index (χ0v) is 30.0. The van der Waals surface area contributed by atoms with Crippen molar-refractivity contribution >= 4 is 61.9 Å². The molecule has 0 spiro atoms. The summed E-state index contributed by atoms with van der Waals surface area (Å²) in [6.07, 6.45) is 1.67. The van der Waals surface area contributed by atoms with E-state index < -0.39 is 12.0 Å². The van der Waals surface area contributed by atoms with E-state index in [-0.39, 0.29) is 18.3 Å². The van der Waals surface area contributed by atoms with Crippen LogP contribution in [0.4, 0.5) is 0 Å². The number of carbonyl (C=O) groups is 1. The molecule has 0 N–H and O–H groups in total. The van der Waals surface area contributed by atoms with Crippen molar-refractivity contribution in [2.75, 3.05) is 13.7 Å². The molecule has 0 saturated heterocycles. The number of halogens is 2. The Labute approximate surface area is 287 Å². The summed E-state index contributed by atoms with van der Waals surface area (Å²) in [5.74, 6) is 1.12. The Kier molecular flexibility index (Phi) is 10.5. The third kappa shape index (κ3) is 7.20. The van der Waals surface area contributed by atoms with Gasteiger partial charge in [-0.05, 0) is 92.3 Å². The van der Waals surface area contributed by atoms with Gasteiger partial charge in [-0.15, -0.1) is 0 Å². The van der Waals surface area contributed by atoms with Gasteiger partial charge in [0, 0.05) is 19.2 Å². The number of benzene rings is 3. The number of nitrogens with zero attached hydrogens (tertiary/aromatic N) is 2. The van der Waals surface area contributed by atoms with E-state index in [0.717, 1.165) is 13.6 Å². The first kappa shape index (κ1) is 33.0. The molecule has 4 aromatic rings. The van der Waals surface area contributed by atoms with Gasteiger partial charge in [0.15, 0.2) is 16.3 Å². The van der Waals surface area contributed by atoms with Crippen LogP contribution in [-0.2, 0) is 16.1 Å². The number of allylic oxidation sites excluding steroid dienone is 1. The first-order valence-corrected chi connectivity index (χ1v) is 17.0. The minimum atomic E-state index is -0.795. The van der Waals surface area contributed by atoms with Crippen LogP contribution in [0.2, 0.25) is 0 Å². The molecular weight excluding hydrogens is 771 g/mol. The molecule has 1 aliphatic rings. The zero-order chi connectivity index (χ0) is 32.2. The van der Waals surface area contributed by atoms with Gasteiger partial charge >= 0.3 is 5.97 Å². The highest BCUT2D eigenvalue weighted by atomic mass is 127. The van der Waals surface area contributed by atoms with Crippen LogP contribution < -0.4 is 29.1 Å².